The number of para-hydroxylation sites is 2. The van der Waals surface area contributed by atoms with E-state index < -0.39 is 11.9 Å². The van der Waals surface area contributed by atoms with Crippen LogP contribution in [0, 0.1) is 12.7 Å². The van der Waals surface area contributed by atoms with Crippen molar-refractivity contribution >= 4 is 0 Å². The first-order valence-corrected chi connectivity index (χ1v) is 11.5. The molecular formula is C26H34FN3O4. The number of rotatable bonds is 13. The van der Waals surface area contributed by atoms with E-state index in [1.54, 1.807) is 30.0 Å². The van der Waals surface area contributed by atoms with Crippen molar-refractivity contribution in [3.05, 3.63) is 71.7 Å². The number of hydrogen-bond donors (Lipinski definition) is 1. The molecule has 184 valence electrons. The molecule has 0 spiro atoms. The Morgan fingerprint density at radius 1 is 1.09 bits per heavy atom. The number of ether oxygens (including phenoxy) is 3. The first kappa shape index (κ1) is 25.8. The second-order valence-corrected chi connectivity index (χ2v) is 8.41. The minimum absolute atomic E-state index is 0.0363. The van der Waals surface area contributed by atoms with Gasteiger partial charge in [-0.25, -0.2) is 9.07 Å². The second-order valence-electron chi connectivity index (χ2n) is 8.41. The van der Waals surface area contributed by atoms with E-state index in [1.807, 2.05) is 51.1 Å². The van der Waals surface area contributed by atoms with Gasteiger partial charge in [0.1, 0.15) is 0 Å². The maximum absolute atomic E-state index is 14.5. The van der Waals surface area contributed by atoms with Gasteiger partial charge in [-0.15, -0.1) is 0 Å². The van der Waals surface area contributed by atoms with E-state index in [2.05, 4.69) is 4.90 Å². The highest BCUT2D eigenvalue weighted by atomic mass is 19.1. The van der Waals surface area contributed by atoms with Gasteiger partial charge in [-0.05, 0) is 45.0 Å². The highest BCUT2D eigenvalue weighted by Crippen LogP contribution is 2.32. The fourth-order valence-electron chi connectivity index (χ4n) is 3.53. The van der Waals surface area contributed by atoms with E-state index in [9.17, 15) is 9.50 Å². The van der Waals surface area contributed by atoms with Gasteiger partial charge in [0.15, 0.2) is 11.6 Å². The third-order valence-corrected chi connectivity index (χ3v) is 5.27. The fraction of sp³-hybridized carbons (Fsp3) is 0.423. The number of aliphatic hydroxyl groups is 1. The lowest BCUT2D eigenvalue weighted by Crippen LogP contribution is -2.37. The van der Waals surface area contributed by atoms with Crippen LogP contribution in [0.15, 0.2) is 54.6 Å². The first-order valence-electron chi connectivity index (χ1n) is 11.5. The molecule has 0 aliphatic rings. The molecule has 0 saturated carbocycles. The molecule has 2 aromatic carbocycles. The van der Waals surface area contributed by atoms with E-state index in [0.29, 0.717) is 32.1 Å². The van der Waals surface area contributed by atoms with Crippen LogP contribution in [-0.2, 0) is 16.0 Å². The summed E-state index contributed by atoms with van der Waals surface area (Å²) in [5.74, 6) is 0.100. The zero-order valence-electron chi connectivity index (χ0n) is 20.3. The molecule has 0 bridgehead atoms. The normalized spacial score (nSPS) is 12.5. The Hall–Kier alpha value is -2.78. The highest BCUT2D eigenvalue weighted by Gasteiger charge is 2.23. The van der Waals surface area contributed by atoms with Crippen molar-refractivity contribution in [3.63, 3.8) is 0 Å². The third kappa shape index (κ3) is 7.11. The molecule has 0 aliphatic carbocycles. The Morgan fingerprint density at radius 2 is 1.79 bits per heavy atom. The number of aryl methyl sites for hydroxylation is 1. The Bertz CT molecular complexity index is 1030. The second kappa shape index (κ2) is 12.6. The predicted octanol–water partition coefficient (Wildman–Crippen LogP) is 4.35. The molecule has 0 amide bonds. The van der Waals surface area contributed by atoms with Crippen LogP contribution >= 0.6 is 0 Å². The van der Waals surface area contributed by atoms with Gasteiger partial charge in [-0.3, -0.25) is 4.90 Å². The van der Waals surface area contributed by atoms with Crippen molar-refractivity contribution in [1.29, 1.82) is 0 Å². The Labute approximate surface area is 200 Å². The van der Waals surface area contributed by atoms with Gasteiger partial charge in [0.05, 0.1) is 42.4 Å². The molecule has 3 rings (SSSR count). The summed E-state index contributed by atoms with van der Waals surface area (Å²) >= 11 is 0. The van der Waals surface area contributed by atoms with Gasteiger partial charge in [0.25, 0.3) is 0 Å². The zero-order valence-corrected chi connectivity index (χ0v) is 20.3. The Kier molecular flexibility index (Phi) is 9.59. The molecular weight excluding hydrogens is 437 g/mol. The van der Waals surface area contributed by atoms with Gasteiger partial charge in [0.2, 0.25) is 5.88 Å². The lowest BCUT2D eigenvalue weighted by atomic mass is 10.2. The van der Waals surface area contributed by atoms with Crippen LogP contribution in [0.2, 0.25) is 0 Å². The minimum Gasteiger partial charge on any atom is -0.435 e. The SMILES string of the molecule is COCCN(Cc1c(C)nn(-c2ccccc2)c1Oc1ccccc1F)C[C@H](O)COC(C)C. The van der Waals surface area contributed by atoms with Crippen LogP contribution in [0.3, 0.4) is 0 Å². The standard InChI is InChI=1S/C26H34FN3O4/c1-19(2)33-18-22(31)16-29(14-15-32-4)17-23-20(3)28-30(21-10-6-5-7-11-21)26(23)34-25-13-9-8-12-24(25)27/h5-13,19,22,31H,14-18H2,1-4H3/t22-/m0/s1. The predicted molar refractivity (Wildman–Crippen MR) is 129 cm³/mol. The van der Waals surface area contributed by atoms with Gasteiger partial charge in [-0.2, -0.15) is 5.10 Å². The van der Waals surface area contributed by atoms with E-state index >= 15 is 0 Å². The summed E-state index contributed by atoms with van der Waals surface area (Å²) in [5.41, 5.74) is 2.36. The van der Waals surface area contributed by atoms with Gasteiger partial charge in [0, 0.05) is 26.7 Å². The molecule has 0 fully saturated rings. The zero-order chi connectivity index (χ0) is 24.5. The van der Waals surface area contributed by atoms with Crippen LogP contribution in [0.4, 0.5) is 4.39 Å². The summed E-state index contributed by atoms with van der Waals surface area (Å²) < 4.78 is 33.1. The maximum atomic E-state index is 14.5. The first-order chi connectivity index (χ1) is 16.4. The molecule has 0 unspecified atom stereocenters. The number of methoxy groups -OCH3 is 1. The smallest absolute Gasteiger partial charge is 0.227 e. The number of hydrogen-bond acceptors (Lipinski definition) is 6. The lowest BCUT2D eigenvalue weighted by molar-refractivity contribution is -0.0122. The summed E-state index contributed by atoms with van der Waals surface area (Å²) in [6, 6.07) is 15.9. The van der Waals surface area contributed by atoms with Crippen molar-refractivity contribution in [3.8, 4) is 17.3 Å². The van der Waals surface area contributed by atoms with Crippen LogP contribution in [-0.4, -0.2) is 65.4 Å². The largest absolute Gasteiger partial charge is 0.435 e. The van der Waals surface area contributed by atoms with Crippen molar-refractivity contribution in [2.75, 3.05) is 33.4 Å². The van der Waals surface area contributed by atoms with Crippen LogP contribution < -0.4 is 4.74 Å². The molecule has 0 saturated heterocycles. The van der Waals surface area contributed by atoms with Crippen LogP contribution in [0.25, 0.3) is 5.69 Å². The average molecular weight is 472 g/mol. The Morgan fingerprint density at radius 3 is 2.47 bits per heavy atom. The molecule has 7 nitrogen and oxygen atoms in total. The molecule has 1 atom stereocenters. The van der Waals surface area contributed by atoms with Gasteiger partial charge < -0.3 is 19.3 Å². The molecule has 1 aromatic heterocycles. The lowest BCUT2D eigenvalue weighted by Gasteiger charge is -2.25. The third-order valence-electron chi connectivity index (χ3n) is 5.27. The van der Waals surface area contributed by atoms with Crippen molar-refractivity contribution in [1.82, 2.24) is 14.7 Å². The van der Waals surface area contributed by atoms with E-state index in [1.165, 1.54) is 6.07 Å². The summed E-state index contributed by atoms with van der Waals surface area (Å²) in [7, 11) is 1.64. The van der Waals surface area contributed by atoms with E-state index in [4.69, 9.17) is 19.3 Å². The van der Waals surface area contributed by atoms with E-state index in [0.717, 1.165) is 16.9 Å². The number of aliphatic hydroxyl groups excluding tert-OH is 1. The number of nitrogens with zero attached hydrogens (tertiary/aromatic N) is 3. The topological polar surface area (TPSA) is 69.0 Å². The quantitative estimate of drug-likeness (QED) is 0.400. The monoisotopic (exact) mass is 471 g/mol. The minimum atomic E-state index is -0.667. The molecule has 3 aromatic rings. The Balaban J connectivity index is 1.94. The maximum Gasteiger partial charge on any atom is 0.227 e. The molecule has 0 aliphatic heterocycles. The van der Waals surface area contributed by atoms with Gasteiger partial charge >= 0.3 is 0 Å². The fourth-order valence-corrected chi connectivity index (χ4v) is 3.53. The summed E-state index contributed by atoms with van der Waals surface area (Å²) in [4.78, 5) is 2.06. The summed E-state index contributed by atoms with van der Waals surface area (Å²) in [6.45, 7) is 7.90. The molecule has 8 heteroatoms. The number of halogens is 1. The molecule has 0 radical (unpaired) electrons. The number of benzene rings is 2. The van der Waals surface area contributed by atoms with E-state index in [-0.39, 0.29) is 18.5 Å². The van der Waals surface area contributed by atoms with Crippen LogP contribution in [0.1, 0.15) is 25.1 Å². The molecule has 1 N–H and O–H groups in total. The summed E-state index contributed by atoms with van der Waals surface area (Å²) in [5, 5.41) is 15.2. The van der Waals surface area contributed by atoms with Gasteiger partial charge in [-0.1, -0.05) is 30.3 Å². The molecule has 34 heavy (non-hydrogen) atoms. The number of aromatic nitrogens is 2. The van der Waals surface area contributed by atoms with Crippen molar-refractivity contribution in [2.45, 2.75) is 39.5 Å². The molecule has 1 heterocycles. The highest BCUT2D eigenvalue weighted by molar-refractivity contribution is 5.43. The van der Waals surface area contributed by atoms with Crippen LogP contribution in [0.5, 0.6) is 11.6 Å². The average Bonchev–Trinajstić information content (AvgIpc) is 3.13. The van der Waals surface area contributed by atoms with Crippen molar-refractivity contribution in [2.24, 2.45) is 0 Å². The summed E-state index contributed by atoms with van der Waals surface area (Å²) in [6.07, 6.45) is -0.631. The van der Waals surface area contributed by atoms with Crippen molar-refractivity contribution < 1.29 is 23.7 Å².